The van der Waals surface area contributed by atoms with Crippen LogP contribution in [-0.2, 0) is 7.05 Å². The van der Waals surface area contributed by atoms with Gasteiger partial charge in [-0.05, 0) is 23.8 Å². The van der Waals surface area contributed by atoms with Gasteiger partial charge in [0, 0.05) is 17.1 Å². The van der Waals surface area contributed by atoms with Gasteiger partial charge in [-0.3, -0.25) is 0 Å². The third-order valence-corrected chi connectivity index (χ3v) is 3.63. The monoisotopic (exact) mass is 301 g/mol. The number of nitrogens with two attached hydrogens (primary N) is 1. The summed E-state index contributed by atoms with van der Waals surface area (Å²) in [6, 6.07) is 14.3. The minimum Gasteiger partial charge on any atom is -0.369 e. The molecule has 2 N–H and O–H groups in total. The average Bonchev–Trinajstić information content (AvgIpc) is 2.67. The van der Waals surface area contributed by atoms with Crippen LogP contribution in [0.1, 0.15) is 0 Å². The maximum atomic E-state index is 5.87. The largest absolute Gasteiger partial charge is 0.369 e. The number of para-hydroxylation sites is 1. The summed E-state index contributed by atoms with van der Waals surface area (Å²) in [6.07, 6.45) is 0. The Hall–Kier alpha value is -1.81. The van der Waals surface area contributed by atoms with Crippen molar-refractivity contribution in [1.29, 1.82) is 0 Å². The van der Waals surface area contributed by atoms with E-state index in [-0.39, 0.29) is 0 Å². The van der Waals surface area contributed by atoms with Crippen LogP contribution in [0.4, 0.5) is 5.95 Å². The molecule has 0 radical (unpaired) electrons. The molecule has 0 saturated heterocycles. The first-order valence-corrected chi connectivity index (χ1v) is 6.43. The first-order valence-electron chi connectivity index (χ1n) is 5.63. The first-order chi connectivity index (χ1) is 8.66. The Kier molecular flexibility index (Phi) is 2.59. The highest BCUT2D eigenvalue weighted by Crippen LogP contribution is 2.29. The standard InChI is InChI=1S/C14H12BrN3/c1-18-12-4-2-3-11(13(12)17-14(18)16)9-5-7-10(15)8-6-9/h2-8H,1H3,(H2,16,17). The molecular weight excluding hydrogens is 290 g/mol. The van der Waals surface area contributed by atoms with Gasteiger partial charge in [0.05, 0.1) is 11.0 Å². The second kappa shape index (κ2) is 4.14. The molecule has 1 aromatic heterocycles. The van der Waals surface area contributed by atoms with Crippen LogP contribution in [0.15, 0.2) is 46.9 Å². The molecule has 3 nitrogen and oxygen atoms in total. The summed E-state index contributed by atoms with van der Waals surface area (Å²) in [6.45, 7) is 0. The van der Waals surface area contributed by atoms with Gasteiger partial charge in [-0.2, -0.15) is 0 Å². The van der Waals surface area contributed by atoms with Gasteiger partial charge in [0.25, 0.3) is 0 Å². The van der Waals surface area contributed by atoms with Gasteiger partial charge in [-0.1, -0.05) is 40.2 Å². The van der Waals surface area contributed by atoms with E-state index in [9.17, 15) is 0 Å². The number of fused-ring (bicyclic) bond motifs is 1. The molecule has 3 aromatic rings. The van der Waals surface area contributed by atoms with Crippen molar-refractivity contribution < 1.29 is 0 Å². The molecule has 1 heterocycles. The number of hydrogen-bond acceptors (Lipinski definition) is 2. The lowest BCUT2D eigenvalue weighted by Gasteiger charge is -2.03. The van der Waals surface area contributed by atoms with Crippen molar-refractivity contribution >= 4 is 32.9 Å². The van der Waals surface area contributed by atoms with E-state index in [1.54, 1.807) is 0 Å². The minimum atomic E-state index is 0.537. The highest BCUT2D eigenvalue weighted by Gasteiger charge is 2.10. The SMILES string of the molecule is Cn1c(N)nc2c(-c3ccc(Br)cc3)cccc21. The van der Waals surface area contributed by atoms with Gasteiger partial charge in [-0.15, -0.1) is 0 Å². The lowest BCUT2D eigenvalue weighted by Crippen LogP contribution is -1.95. The number of imidazole rings is 1. The van der Waals surface area contributed by atoms with E-state index in [1.165, 1.54) is 0 Å². The third-order valence-electron chi connectivity index (χ3n) is 3.10. The van der Waals surface area contributed by atoms with Crippen molar-refractivity contribution in [2.24, 2.45) is 7.05 Å². The van der Waals surface area contributed by atoms with Crippen molar-refractivity contribution in [2.75, 3.05) is 5.73 Å². The summed E-state index contributed by atoms with van der Waals surface area (Å²) in [5.74, 6) is 0.537. The fourth-order valence-corrected chi connectivity index (χ4v) is 2.36. The molecule has 0 aliphatic heterocycles. The van der Waals surface area contributed by atoms with Gasteiger partial charge in [0.1, 0.15) is 0 Å². The number of nitrogens with zero attached hydrogens (tertiary/aromatic N) is 2. The zero-order valence-corrected chi connectivity index (χ0v) is 11.5. The number of nitrogen functional groups attached to an aromatic ring is 1. The molecule has 3 rings (SSSR count). The molecule has 0 atom stereocenters. The Balaban J connectivity index is 2.29. The molecule has 0 amide bonds. The van der Waals surface area contributed by atoms with Crippen LogP contribution in [0, 0.1) is 0 Å². The second-order valence-electron chi connectivity index (χ2n) is 4.21. The summed E-state index contributed by atoms with van der Waals surface area (Å²) in [5.41, 5.74) is 10.1. The predicted octanol–water partition coefficient (Wildman–Crippen LogP) is 3.59. The molecular formula is C14H12BrN3. The van der Waals surface area contributed by atoms with Gasteiger partial charge < -0.3 is 10.3 Å². The number of aromatic nitrogens is 2. The van der Waals surface area contributed by atoms with Crippen molar-refractivity contribution in [1.82, 2.24) is 9.55 Å². The number of anilines is 1. The van der Waals surface area contributed by atoms with Crippen LogP contribution < -0.4 is 5.73 Å². The van der Waals surface area contributed by atoms with Crippen molar-refractivity contribution in [2.45, 2.75) is 0 Å². The molecule has 90 valence electrons. The van der Waals surface area contributed by atoms with E-state index in [0.717, 1.165) is 26.6 Å². The Bertz CT molecular complexity index is 714. The second-order valence-corrected chi connectivity index (χ2v) is 5.12. The van der Waals surface area contributed by atoms with Gasteiger partial charge in [-0.25, -0.2) is 4.98 Å². The van der Waals surface area contributed by atoms with Crippen LogP contribution in [0.5, 0.6) is 0 Å². The van der Waals surface area contributed by atoms with E-state index in [1.807, 2.05) is 35.9 Å². The molecule has 0 aliphatic rings. The van der Waals surface area contributed by atoms with Crippen molar-refractivity contribution in [3.63, 3.8) is 0 Å². The van der Waals surface area contributed by atoms with E-state index < -0.39 is 0 Å². The third kappa shape index (κ3) is 1.69. The van der Waals surface area contributed by atoms with Crippen molar-refractivity contribution in [3.05, 3.63) is 46.9 Å². The lowest BCUT2D eigenvalue weighted by atomic mass is 10.0. The Morgan fingerprint density at radius 2 is 1.83 bits per heavy atom. The molecule has 0 aliphatic carbocycles. The van der Waals surface area contributed by atoms with Crippen molar-refractivity contribution in [3.8, 4) is 11.1 Å². The Labute approximate surface area is 113 Å². The summed E-state index contributed by atoms with van der Waals surface area (Å²) < 4.78 is 2.97. The highest BCUT2D eigenvalue weighted by molar-refractivity contribution is 9.10. The molecule has 2 aromatic carbocycles. The number of benzene rings is 2. The fourth-order valence-electron chi connectivity index (χ4n) is 2.09. The summed E-state index contributed by atoms with van der Waals surface area (Å²) >= 11 is 3.44. The molecule has 0 bridgehead atoms. The molecule has 0 fully saturated rings. The van der Waals surface area contributed by atoms with E-state index in [4.69, 9.17) is 5.73 Å². The van der Waals surface area contributed by atoms with E-state index in [2.05, 4.69) is 39.1 Å². The summed E-state index contributed by atoms with van der Waals surface area (Å²) in [7, 11) is 1.93. The highest BCUT2D eigenvalue weighted by atomic mass is 79.9. The van der Waals surface area contributed by atoms with Crippen LogP contribution >= 0.6 is 15.9 Å². The summed E-state index contributed by atoms with van der Waals surface area (Å²) in [5, 5.41) is 0. The normalized spacial score (nSPS) is 11.0. The molecule has 4 heteroatoms. The molecule has 0 spiro atoms. The molecule has 18 heavy (non-hydrogen) atoms. The minimum absolute atomic E-state index is 0.537. The summed E-state index contributed by atoms with van der Waals surface area (Å²) in [4.78, 5) is 4.44. The first kappa shape index (κ1) is 11.3. The zero-order chi connectivity index (χ0) is 12.7. The number of aryl methyl sites for hydroxylation is 1. The quantitative estimate of drug-likeness (QED) is 0.746. The number of halogens is 1. The van der Waals surface area contributed by atoms with Gasteiger partial charge in [0.15, 0.2) is 0 Å². The lowest BCUT2D eigenvalue weighted by molar-refractivity contribution is 0.965. The maximum absolute atomic E-state index is 5.87. The Morgan fingerprint density at radius 1 is 1.11 bits per heavy atom. The van der Waals surface area contributed by atoms with Crippen LogP contribution in [0.3, 0.4) is 0 Å². The number of rotatable bonds is 1. The van der Waals surface area contributed by atoms with Crippen LogP contribution in [-0.4, -0.2) is 9.55 Å². The number of hydrogen-bond donors (Lipinski definition) is 1. The van der Waals surface area contributed by atoms with E-state index in [0.29, 0.717) is 5.95 Å². The maximum Gasteiger partial charge on any atom is 0.200 e. The van der Waals surface area contributed by atoms with Crippen LogP contribution in [0.2, 0.25) is 0 Å². The molecule has 0 saturated carbocycles. The Morgan fingerprint density at radius 3 is 2.56 bits per heavy atom. The smallest absolute Gasteiger partial charge is 0.200 e. The fraction of sp³-hybridized carbons (Fsp3) is 0.0714. The average molecular weight is 302 g/mol. The van der Waals surface area contributed by atoms with Crippen LogP contribution in [0.25, 0.3) is 22.2 Å². The topological polar surface area (TPSA) is 43.8 Å². The zero-order valence-electron chi connectivity index (χ0n) is 9.89. The van der Waals surface area contributed by atoms with Gasteiger partial charge >= 0.3 is 0 Å². The van der Waals surface area contributed by atoms with Gasteiger partial charge in [0.2, 0.25) is 5.95 Å². The molecule has 0 unspecified atom stereocenters. The predicted molar refractivity (Wildman–Crippen MR) is 78.3 cm³/mol. The van der Waals surface area contributed by atoms with E-state index >= 15 is 0 Å².